The van der Waals surface area contributed by atoms with Crippen molar-refractivity contribution in [2.45, 2.75) is 19.1 Å². The van der Waals surface area contributed by atoms with Gasteiger partial charge < -0.3 is 4.74 Å². The third-order valence-electron chi connectivity index (χ3n) is 1.84. The Morgan fingerprint density at radius 1 is 1.71 bits per heavy atom. The van der Waals surface area contributed by atoms with Crippen LogP contribution in [-0.2, 0) is 19.3 Å². The fourth-order valence-corrected chi connectivity index (χ4v) is 0.912. The lowest BCUT2D eigenvalue weighted by atomic mass is 10.2. The van der Waals surface area contributed by atoms with Crippen LogP contribution < -0.4 is 5.32 Å². The van der Waals surface area contributed by atoms with E-state index in [4.69, 9.17) is 9.62 Å². The summed E-state index contributed by atoms with van der Waals surface area (Å²) in [6.07, 6.45) is 3.75. The van der Waals surface area contributed by atoms with Gasteiger partial charge in [0.05, 0.1) is 6.61 Å². The minimum Gasteiger partial charge on any atom is -0.463 e. The van der Waals surface area contributed by atoms with Gasteiger partial charge in [0, 0.05) is 6.08 Å². The van der Waals surface area contributed by atoms with Crippen LogP contribution in [0.3, 0.4) is 0 Å². The molecule has 1 unspecified atom stereocenters. The van der Waals surface area contributed by atoms with Crippen molar-refractivity contribution in [3.8, 4) is 0 Å². The molecule has 0 saturated carbocycles. The smallest absolute Gasteiger partial charge is 0.330 e. The highest BCUT2D eigenvalue weighted by Crippen LogP contribution is 2.19. The standard InChI is InChI=1S/C9H15NO4/c1-3-6-12-8(11)4-5-9(10-2)7-13-14-9/h4-5,10H,3,6-7H2,1-2H3/b5-4+. The summed E-state index contributed by atoms with van der Waals surface area (Å²) in [6.45, 7) is 2.77. The van der Waals surface area contributed by atoms with Crippen molar-refractivity contribution in [1.29, 1.82) is 0 Å². The van der Waals surface area contributed by atoms with Crippen LogP contribution >= 0.6 is 0 Å². The zero-order valence-corrected chi connectivity index (χ0v) is 8.41. The second kappa shape index (κ2) is 5.09. The summed E-state index contributed by atoms with van der Waals surface area (Å²) in [5.74, 6) is -0.364. The summed E-state index contributed by atoms with van der Waals surface area (Å²) in [6, 6.07) is 0. The highest BCUT2D eigenvalue weighted by molar-refractivity contribution is 5.82. The highest BCUT2D eigenvalue weighted by Gasteiger charge is 2.37. The zero-order chi connectivity index (χ0) is 10.4. The summed E-state index contributed by atoms with van der Waals surface area (Å²) >= 11 is 0. The molecule has 0 aromatic carbocycles. The molecule has 1 aliphatic heterocycles. The maximum atomic E-state index is 11.1. The lowest BCUT2D eigenvalue weighted by molar-refractivity contribution is -0.462. The first kappa shape index (κ1) is 11.2. The van der Waals surface area contributed by atoms with Crippen LogP contribution in [0, 0.1) is 0 Å². The fraction of sp³-hybridized carbons (Fsp3) is 0.667. The number of carbonyl (C=O) groups is 1. The van der Waals surface area contributed by atoms with E-state index in [0.717, 1.165) is 6.42 Å². The van der Waals surface area contributed by atoms with Crippen LogP contribution in [0.1, 0.15) is 13.3 Å². The quantitative estimate of drug-likeness (QED) is 0.396. The van der Waals surface area contributed by atoms with Gasteiger partial charge in [-0.1, -0.05) is 6.92 Å². The molecule has 1 fully saturated rings. The molecule has 1 heterocycles. The fourth-order valence-electron chi connectivity index (χ4n) is 0.912. The van der Waals surface area contributed by atoms with E-state index in [1.807, 2.05) is 6.92 Å². The van der Waals surface area contributed by atoms with Crippen molar-refractivity contribution >= 4 is 5.97 Å². The van der Waals surface area contributed by atoms with Gasteiger partial charge in [-0.3, -0.25) is 5.32 Å². The van der Waals surface area contributed by atoms with Gasteiger partial charge in [0.15, 0.2) is 5.72 Å². The van der Waals surface area contributed by atoms with Crippen LogP contribution in [0.5, 0.6) is 0 Å². The number of rotatable bonds is 5. The molecule has 1 N–H and O–H groups in total. The molecule has 80 valence electrons. The maximum Gasteiger partial charge on any atom is 0.330 e. The minimum atomic E-state index is -0.661. The van der Waals surface area contributed by atoms with Gasteiger partial charge in [0.25, 0.3) is 0 Å². The first-order valence-corrected chi connectivity index (χ1v) is 4.58. The van der Waals surface area contributed by atoms with Crippen LogP contribution in [0.2, 0.25) is 0 Å². The molecule has 1 saturated heterocycles. The second-order valence-corrected chi connectivity index (χ2v) is 2.99. The van der Waals surface area contributed by atoms with Crippen LogP contribution in [0.4, 0.5) is 0 Å². The Labute approximate surface area is 82.9 Å². The molecule has 1 rings (SSSR count). The van der Waals surface area contributed by atoms with E-state index in [0.29, 0.717) is 13.2 Å². The van der Waals surface area contributed by atoms with Crippen molar-refractivity contribution in [1.82, 2.24) is 5.32 Å². The lowest BCUT2D eigenvalue weighted by Gasteiger charge is -2.36. The highest BCUT2D eigenvalue weighted by atomic mass is 17.3. The molecule has 0 bridgehead atoms. The van der Waals surface area contributed by atoms with E-state index in [1.54, 1.807) is 13.1 Å². The van der Waals surface area contributed by atoms with Gasteiger partial charge in [-0.2, -0.15) is 0 Å². The Bertz CT molecular complexity index is 217. The Hall–Kier alpha value is -0.910. The second-order valence-electron chi connectivity index (χ2n) is 2.99. The third kappa shape index (κ3) is 2.80. The van der Waals surface area contributed by atoms with E-state index < -0.39 is 5.72 Å². The zero-order valence-electron chi connectivity index (χ0n) is 8.41. The summed E-state index contributed by atoms with van der Waals surface area (Å²) in [5.41, 5.74) is -0.661. The third-order valence-corrected chi connectivity index (χ3v) is 1.84. The van der Waals surface area contributed by atoms with E-state index in [-0.39, 0.29) is 5.97 Å². The maximum absolute atomic E-state index is 11.1. The van der Waals surface area contributed by atoms with Gasteiger partial charge in [-0.15, -0.1) is 0 Å². The molecular formula is C9H15NO4. The van der Waals surface area contributed by atoms with E-state index >= 15 is 0 Å². The van der Waals surface area contributed by atoms with Crippen molar-refractivity contribution in [3.63, 3.8) is 0 Å². The Morgan fingerprint density at radius 3 is 2.86 bits per heavy atom. The largest absolute Gasteiger partial charge is 0.463 e. The number of carbonyl (C=O) groups excluding carboxylic acids is 1. The lowest BCUT2D eigenvalue weighted by Crippen LogP contribution is -2.55. The Kier molecular flexibility index (Phi) is 4.06. The Morgan fingerprint density at radius 2 is 2.43 bits per heavy atom. The van der Waals surface area contributed by atoms with Gasteiger partial charge in [-0.05, 0) is 19.5 Å². The topological polar surface area (TPSA) is 56.8 Å². The predicted octanol–water partition coefficient (Wildman–Crippen LogP) is 0.373. The van der Waals surface area contributed by atoms with Gasteiger partial charge >= 0.3 is 5.97 Å². The number of ether oxygens (including phenoxy) is 1. The average Bonchev–Trinajstić information content (AvgIpc) is 2.14. The number of hydrogen-bond donors (Lipinski definition) is 1. The van der Waals surface area contributed by atoms with Crippen molar-refractivity contribution in [2.75, 3.05) is 20.3 Å². The molecule has 5 nitrogen and oxygen atoms in total. The average molecular weight is 201 g/mol. The summed E-state index contributed by atoms with van der Waals surface area (Å²) in [7, 11) is 1.73. The molecule has 0 aromatic rings. The van der Waals surface area contributed by atoms with E-state index in [1.165, 1.54) is 6.08 Å². The molecule has 0 radical (unpaired) electrons. The van der Waals surface area contributed by atoms with Gasteiger partial charge in [-0.25, -0.2) is 14.6 Å². The minimum absolute atomic E-state index is 0.364. The first-order valence-electron chi connectivity index (χ1n) is 4.58. The molecule has 1 atom stereocenters. The molecule has 0 aliphatic carbocycles. The summed E-state index contributed by atoms with van der Waals surface area (Å²) in [5, 5.41) is 2.88. The van der Waals surface area contributed by atoms with Crippen LogP contribution in [-0.4, -0.2) is 32.0 Å². The van der Waals surface area contributed by atoms with Crippen LogP contribution in [0.25, 0.3) is 0 Å². The number of esters is 1. The van der Waals surface area contributed by atoms with Gasteiger partial charge in [0.2, 0.25) is 0 Å². The van der Waals surface area contributed by atoms with Crippen molar-refractivity contribution in [2.24, 2.45) is 0 Å². The normalized spacial score (nSPS) is 26.1. The van der Waals surface area contributed by atoms with E-state index in [9.17, 15) is 4.79 Å². The summed E-state index contributed by atoms with van der Waals surface area (Å²) in [4.78, 5) is 20.5. The molecular weight excluding hydrogens is 186 g/mol. The molecule has 1 aliphatic rings. The predicted molar refractivity (Wildman–Crippen MR) is 49.2 cm³/mol. The number of likely N-dealkylation sites (N-methyl/N-ethyl adjacent to an activating group) is 1. The Balaban J connectivity index is 2.34. The van der Waals surface area contributed by atoms with Crippen LogP contribution in [0.15, 0.2) is 12.2 Å². The molecule has 0 spiro atoms. The van der Waals surface area contributed by atoms with Crippen molar-refractivity contribution in [3.05, 3.63) is 12.2 Å². The molecule has 0 aromatic heterocycles. The number of nitrogens with one attached hydrogen (secondary N) is 1. The monoisotopic (exact) mass is 201 g/mol. The molecule has 5 heteroatoms. The van der Waals surface area contributed by atoms with Crippen molar-refractivity contribution < 1.29 is 19.3 Å². The molecule has 0 amide bonds. The molecule has 14 heavy (non-hydrogen) atoms. The summed E-state index contributed by atoms with van der Waals surface area (Å²) < 4.78 is 4.85. The van der Waals surface area contributed by atoms with E-state index in [2.05, 4.69) is 10.2 Å². The first-order chi connectivity index (χ1) is 6.72. The van der Waals surface area contributed by atoms with Gasteiger partial charge in [0.1, 0.15) is 6.61 Å². The SMILES string of the molecule is CCCOC(=O)/C=C/C1(NC)COO1. The number of hydrogen-bond acceptors (Lipinski definition) is 5.